The highest BCUT2D eigenvalue weighted by molar-refractivity contribution is 9.10. The molecule has 5 rings (SSSR count). The SMILES string of the molecule is Brc1c(-c2cc3ccccc3c3ccccc23)oc2ccccc12. The quantitative estimate of drug-likeness (QED) is 0.284. The third-order valence-electron chi connectivity index (χ3n) is 4.55. The van der Waals surface area contributed by atoms with E-state index in [0.29, 0.717) is 0 Å². The normalized spacial score (nSPS) is 11.5. The van der Waals surface area contributed by atoms with Gasteiger partial charge in [0.2, 0.25) is 0 Å². The van der Waals surface area contributed by atoms with E-state index in [2.05, 4.69) is 76.6 Å². The third-order valence-corrected chi connectivity index (χ3v) is 5.33. The lowest BCUT2D eigenvalue weighted by molar-refractivity contribution is 0.630. The van der Waals surface area contributed by atoms with Crippen LogP contribution in [0.1, 0.15) is 0 Å². The van der Waals surface area contributed by atoms with Gasteiger partial charge in [-0.2, -0.15) is 0 Å². The highest BCUT2D eigenvalue weighted by Crippen LogP contribution is 2.42. The molecule has 1 nitrogen and oxygen atoms in total. The Bertz CT molecular complexity index is 1220. The number of benzene rings is 4. The van der Waals surface area contributed by atoms with E-state index in [-0.39, 0.29) is 0 Å². The molecule has 0 aliphatic heterocycles. The average Bonchev–Trinajstić information content (AvgIpc) is 2.98. The molecule has 0 saturated heterocycles. The minimum atomic E-state index is 0.887. The van der Waals surface area contributed by atoms with Gasteiger partial charge in [-0.05, 0) is 55.7 Å². The second-order valence-electron chi connectivity index (χ2n) is 5.93. The smallest absolute Gasteiger partial charge is 0.150 e. The number of halogens is 1. The lowest BCUT2D eigenvalue weighted by atomic mass is 9.96. The van der Waals surface area contributed by atoms with Gasteiger partial charge in [0.05, 0.1) is 4.47 Å². The number of rotatable bonds is 1. The predicted molar refractivity (Wildman–Crippen MR) is 104 cm³/mol. The summed E-state index contributed by atoms with van der Waals surface area (Å²) < 4.78 is 7.21. The van der Waals surface area contributed by atoms with Gasteiger partial charge in [0.25, 0.3) is 0 Å². The van der Waals surface area contributed by atoms with Gasteiger partial charge >= 0.3 is 0 Å². The van der Waals surface area contributed by atoms with Gasteiger partial charge in [-0.3, -0.25) is 0 Å². The molecular weight excluding hydrogens is 360 g/mol. The van der Waals surface area contributed by atoms with Crippen LogP contribution in [0.25, 0.3) is 43.8 Å². The number of hydrogen-bond donors (Lipinski definition) is 0. The van der Waals surface area contributed by atoms with Gasteiger partial charge in [0.15, 0.2) is 0 Å². The fourth-order valence-corrected chi connectivity index (χ4v) is 4.05. The summed E-state index contributed by atoms with van der Waals surface area (Å²) in [5.74, 6) is 0.887. The van der Waals surface area contributed by atoms with Gasteiger partial charge in [-0.15, -0.1) is 0 Å². The maximum Gasteiger partial charge on any atom is 0.150 e. The number of hydrogen-bond acceptors (Lipinski definition) is 1. The Labute approximate surface area is 147 Å². The summed E-state index contributed by atoms with van der Waals surface area (Å²) in [7, 11) is 0. The molecule has 0 unspecified atom stereocenters. The van der Waals surface area contributed by atoms with Crippen molar-refractivity contribution < 1.29 is 4.42 Å². The van der Waals surface area contributed by atoms with E-state index in [0.717, 1.165) is 26.8 Å². The molecule has 0 fully saturated rings. The molecule has 1 aromatic heterocycles. The summed E-state index contributed by atoms with van der Waals surface area (Å²) in [6.45, 7) is 0. The van der Waals surface area contributed by atoms with Crippen LogP contribution in [0.15, 0.2) is 87.8 Å². The molecule has 114 valence electrons. The fraction of sp³-hybridized carbons (Fsp3) is 0. The topological polar surface area (TPSA) is 13.1 Å². The van der Waals surface area contributed by atoms with Gasteiger partial charge in [0.1, 0.15) is 11.3 Å². The maximum atomic E-state index is 6.20. The maximum absolute atomic E-state index is 6.20. The van der Waals surface area contributed by atoms with Crippen LogP contribution in [0.5, 0.6) is 0 Å². The van der Waals surface area contributed by atoms with Crippen LogP contribution in [-0.4, -0.2) is 0 Å². The highest BCUT2D eigenvalue weighted by Gasteiger charge is 2.17. The van der Waals surface area contributed by atoms with Gasteiger partial charge < -0.3 is 4.42 Å². The zero-order chi connectivity index (χ0) is 16.1. The molecule has 5 aromatic rings. The lowest BCUT2D eigenvalue weighted by Gasteiger charge is -2.09. The first-order chi connectivity index (χ1) is 11.8. The first-order valence-corrected chi connectivity index (χ1v) is 8.70. The van der Waals surface area contributed by atoms with E-state index in [4.69, 9.17) is 4.42 Å². The van der Waals surface area contributed by atoms with Crippen LogP contribution in [0, 0.1) is 0 Å². The molecule has 0 atom stereocenters. The molecule has 0 spiro atoms. The third kappa shape index (κ3) is 1.93. The van der Waals surface area contributed by atoms with E-state index >= 15 is 0 Å². The van der Waals surface area contributed by atoms with Gasteiger partial charge in [-0.1, -0.05) is 60.7 Å². The summed E-state index contributed by atoms with van der Waals surface area (Å²) >= 11 is 3.74. The van der Waals surface area contributed by atoms with Crippen molar-refractivity contribution in [1.82, 2.24) is 0 Å². The van der Waals surface area contributed by atoms with Crippen LogP contribution in [0.2, 0.25) is 0 Å². The largest absolute Gasteiger partial charge is 0.455 e. The summed E-state index contributed by atoms with van der Waals surface area (Å²) in [4.78, 5) is 0. The molecular formula is C22H13BrO. The lowest BCUT2D eigenvalue weighted by Crippen LogP contribution is -1.83. The first-order valence-electron chi connectivity index (χ1n) is 7.91. The van der Waals surface area contributed by atoms with Crippen LogP contribution in [0.4, 0.5) is 0 Å². The molecule has 0 saturated carbocycles. The monoisotopic (exact) mass is 372 g/mol. The summed E-state index contributed by atoms with van der Waals surface area (Å²) in [6, 6.07) is 27.4. The molecule has 2 heteroatoms. The van der Waals surface area contributed by atoms with Crippen molar-refractivity contribution in [3.8, 4) is 11.3 Å². The Hall–Kier alpha value is -2.58. The van der Waals surface area contributed by atoms with Crippen molar-refractivity contribution >= 4 is 48.4 Å². The zero-order valence-electron chi connectivity index (χ0n) is 12.8. The number of fused-ring (bicyclic) bond motifs is 4. The van der Waals surface area contributed by atoms with E-state index in [1.54, 1.807) is 0 Å². The Morgan fingerprint density at radius 1 is 0.625 bits per heavy atom. The predicted octanol–water partition coefficient (Wildman–Crippen LogP) is 7.17. The fourth-order valence-electron chi connectivity index (χ4n) is 3.43. The molecule has 0 aliphatic rings. The highest BCUT2D eigenvalue weighted by atomic mass is 79.9. The van der Waals surface area contributed by atoms with Crippen molar-refractivity contribution in [3.05, 3.63) is 83.3 Å². The zero-order valence-corrected chi connectivity index (χ0v) is 14.4. The van der Waals surface area contributed by atoms with Crippen molar-refractivity contribution in [3.63, 3.8) is 0 Å². The molecule has 0 N–H and O–H groups in total. The standard InChI is InChI=1S/C22H13BrO/c23-21-18-11-5-6-12-20(18)24-22(21)19-13-14-7-1-2-8-15(14)16-9-3-4-10-17(16)19/h1-13H. The van der Waals surface area contributed by atoms with E-state index in [1.165, 1.54) is 21.5 Å². The second-order valence-corrected chi connectivity index (χ2v) is 6.73. The van der Waals surface area contributed by atoms with E-state index in [1.807, 2.05) is 18.2 Å². The van der Waals surface area contributed by atoms with Crippen LogP contribution in [-0.2, 0) is 0 Å². The summed E-state index contributed by atoms with van der Waals surface area (Å²) in [5, 5.41) is 6.04. The molecule has 4 aromatic carbocycles. The first kappa shape index (κ1) is 13.8. The van der Waals surface area contributed by atoms with Crippen molar-refractivity contribution in [2.24, 2.45) is 0 Å². The van der Waals surface area contributed by atoms with E-state index < -0.39 is 0 Å². The van der Waals surface area contributed by atoms with E-state index in [9.17, 15) is 0 Å². The van der Waals surface area contributed by atoms with Crippen molar-refractivity contribution in [2.45, 2.75) is 0 Å². The summed E-state index contributed by atoms with van der Waals surface area (Å²) in [5.41, 5.74) is 2.02. The Balaban J connectivity index is 1.95. The van der Waals surface area contributed by atoms with Crippen LogP contribution >= 0.6 is 15.9 Å². The molecule has 1 heterocycles. The minimum Gasteiger partial charge on any atom is -0.455 e. The van der Waals surface area contributed by atoms with Crippen LogP contribution in [0.3, 0.4) is 0 Å². The minimum absolute atomic E-state index is 0.887. The van der Waals surface area contributed by atoms with Gasteiger partial charge in [-0.25, -0.2) is 0 Å². The molecule has 0 bridgehead atoms. The molecule has 0 aliphatic carbocycles. The Morgan fingerprint density at radius 2 is 1.25 bits per heavy atom. The Morgan fingerprint density at radius 3 is 2.04 bits per heavy atom. The van der Waals surface area contributed by atoms with Gasteiger partial charge in [0, 0.05) is 10.9 Å². The number of furan rings is 1. The molecule has 24 heavy (non-hydrogen) atoms. The molecule has 0 radical (unpaired) electrons. The number of para-hydroxylation sites is 1. The average molecular weight is 373 g/mol. The Kier molecular flexibility index (Phi) is 3.00. The van der Waals surface area contributed by atoms with Crippen LogP contribution < -0.4 is 0 Å². The molecule has 0 amide bonds. The summed E-state index contributed by atoms with van der Waals surface area (Å²) in [6.07, 6.45) is 0. The second kappa shape index (κ2) is 5.22. The van der Waals surface area contributed by atoms with Crippen molar-refractivity contribution in [2.75, 3.05) is 0 Å². The van der Waals surface area contributed by atoms with Crippen molar-refractivity contribution in [1.29, 1.82) is 0 Å².